The molecule has 34 heavy (non-hydrogen) atoms. The van der Waals surface area contributed by atoms with Gasteiger partial charge in [0.15, 0.2) is 0 Å². The lowest BCUT2D eigenvalue weighted by molar-refractivity contribution is -0.384. The predicted octanol–water partition coefficient (Wildman–Crippen LogP) is 3.10. The third kappa shape index (κ3) is 6.00. The molecule has 10 nitrogen and oxygen atoms in total. The molecule has 0 fully saturated rings. The number of methoxy groups -OCH3 is 1. The van der Waals surface area contributed by atoms with Crippen molar-refractivity contribution >= 4 is 23.5 Å². The molecular formula is C24H31N3O7. The Morgan fingerprint density at radius 1 is 1.18 bits per heavy atom. The van der Waals surface area contributed by atoms with Gasteiger partial charge in [-0.25, -0.2) is 9.59 Å². The van der Waals surface area contributed by atoms with Crippen molar-refractivity contribution in [2.24, 2.45) is 5.92 Å². The van der Waals surface area contributed by atoms with E-state index in [4.69, 9.17) is 9.47 Å². The molecule has 0 radical (unpaired) electrons. The maximum Gasteiger partial charge on any atom is 0.336 e. The van der Waals surface area contributed by atoms with E-state index >= 15 is 0 Å². The van der Waals surface area contributed by atoms with Crippen molar-refractivity contribution in [1.29, 1.82) is 0 Å². The highest BCUT2D eigenvalue weighted by Crippen LogP contribution is 2.39. The van der Waals surface area contributed by atoms with Crippen LogP contribution in [0.5, 0.6) is 0 Å². The summed E-state index contributed by atoms with van der Waals surface area (Å²) in [5.74, 6) is -2.68. The smallest absolute Gasteiger partial charge is 0.336 e. The number of allylic oxidation sites excluding steroid dienone is 2. The fourth-order valence-corrected chi connectivity index (χ4v) is 3.99. The molecule has 184 valence electrons. The third-order valence-electron chi connectivity index (χ3n) is 5.41. The highest BCUT2D eigenvalue weighted by Gasteiger charge is 2.38. The molecule has 1 amide bonds. The van der Waals surface area contributed by atoms with Gasteiger partial charge in [-0.1, -0.05) is 26.0 Å². The minimum atomic E-state index is -0.949. The van der Waals surface area contributed by atoms with Crippen molar-refractivity contribution in [3.63, 3.8) is 0 Å². The van der Waals surface area contributed by atoms with Crippen molar-refractivity contribution in [2.45, 2.75) is 53.0 Å². The summed E-state index contributed by atoms with van der Waals surface area (Å²) in [5, 5.41) is 17.2. The average Bonchev–Trinajstić information content (AvgIpc) is 2.77. The van der Waals surface area contributed by atoms with E-state index in [1.807, 2.05) is 13.8 Å². The van der Waals surface area contributed by atoms with Crippen LogP contribution in [0, 0.1) is 16.0 Å². The number of amides is 1. The Kier molecular flexibility index (Phi) is 8.94. The van der Waals surface area contributed by atoms with Crippen molar-refractivity contribution in [3.8, 4) is 0 Å². The fraction of sp³-hybridized carbons (Fsp3) is 0.458. The second kappa shape index (κ2) is 11.4. The van der Waals surface area contributed by atoms with Crippen molar-refractivity contribution in [2.75, 3.05) is 13.7 Å². The molecule has 0 aliphatic carbocycles. The molecule has 0 unspecified atom stereocenters. The first kappa shape index (κ1) is 26.6. The molecule has 1 aromatic rings. The summed E-state index contributed by atoms with van der Waals surface area (Å²) in [5.41, 5.74) is 1.41. The second-order valence-corrected chi connectivity index (χ2v) is 8.39. The summed E-state index contributed by atoms with van der Waals surface area (Å²) >= 11 is 0. The van der Waals surface area contributed by atoms with Crippen LogP contribution in [0.25, 0.3) is 0 Å². The molecule has 1 aromatic carbocycles. The highest BCUT2D eigenvalue weighted by molar-refractivity contribution is 6.03. The Hall–Kier alpha value is -3.69. The molecule has 0 saturated heterocycles. The van der Waals surface area contributed by atoms with E-state index in [-0.39, 0.29) is 29.4 Å². The third-order valence-corrected chi connectivity index (χ3v) is 5.41. The van der Waals surface area contributed by atoms with Gasteiger partial charge in [0.1, 0.15) is 6.04 Å². The number of benzene rings is 1. The summed E-state index contributed by atoms with van der Waals surface area (Å²) in [7, 11) is 1.22. The lowest BCUT2D eigenvalue weighted by Crippen LogP contribution is -2.45. The SMILES string of the molecule is CCOC(=O)[C@H](CC(C)C)NC(=O)C1=C(C)NC(C)=C(C(=O)OC)[C@H]1c1cccc([N+](=O)[O-])c1. The monoisotopic (exact) mass is 473 g/mol. The Labute approximate surface area is 198 Å². The minimum absolute atomic E-state index is 0.0922. The van der Waals surface area contributed by atoms with Gasteiger partial charge in [-0.3, -0.25) is 14.9 Å². The number of rotatable bonds is 9. The van der Waals surface area contributed by atoms with E-state index in [9.17, 15) is 24.5 Å². The zero-order valence-corrected chi connectivity index (χ0v) is 20.3. The highest BCUT2D eigenvalue weighted by atomic mass is 16.6. The lowest BCUT2D eigenvalue weighted by Gasteiger charge is -2.31. The van der Waals surface area contributed by atoms with Gasteiger partial charge in [-0.15, -0.1) is 0 Å². The number of carbonyl (C=O) groups excluding carboxylic acids is 3. The quantitative estimate of drug-likeness (QED) is 0.317. The minimum Gasteiger partial charge on any atom is -0.466 e. The first-order chi connectivity index (χ1) is 16.0. The van der Waals surface area contributed by atoms with Crippen molar-refractivity contribution < 1.29 is 28.8 Å². The zero-order valence-electron chi connectivity index (χ0n) is 20.3. The van der Waals surface area contributed by atoms with Gasteiger partial charge in [0.2, 0.25) is 0 Å². The normalized spacial score (nSPS) is 16.6. The van der Waals surface area contributed by atoms with Crippen LogP contribution in [0.4, 0.5) is 5.69 Å². The molecule has 2 rings (SSSR count). The average molecular weight is 474 g/mol. The van der Waals surface area contributed by atoms with Gasteiger partial charge >= 0.3 is 11.9 Å². The fourth-order valence-electron chi connectivity index (χ4n) is 3.99. The van der Waals surface area contributed by atoms with Gasteiger partial charge in [0.05, 0.1) is 30.1 Å². The van der Waals surface area contributed by atoms with Gasteiger partial charge in [0, 0.05) is 29.1 Å². The van der Waals surface area contributed by atoms with Crippen LogP contribution in [-0.4, -0.2) is 42.5 Å². The first-order valence-corrected chi connectivity index (χ1v) is 11.0. The molecule has 0 bridgehead atoms. The maximum atomic E-state index is 13.5. The van der Waals surface area contributed by atoms with Crippen LogP contribution in [-0.2, 0) is 23.9 Å². The number of nitrogens with one attached hydrogen (secondary N) is 2. The van der Waals surface area contributed by atoms with Crippen molar-refractivity contribution in [3.05, 3.63) is 62.5 Å². The van der Waals surface area contributed by atoms with Crippen LogP contribution in [0.1, 0.15) is 52.5 Å². The number of esters is 2. The van der Waals surface area contributed by atoms with Gasteiger partial charge in [-0.05, 0) is 38.7 Å². The largest absolute Gasteiger partial charge is 0.466 e. The Bertz CT molecular complexity index is 1040. The van der Waals surface area contributed by atoms with Gasteiger partial charge < -0.3 is 20.1 Å². The summed E-state index contributed by atoms with van der Waals surface area (Å²) in [6.45, 7) is 9.00. The maximum absolute atomic E-state index is 13.5. The number of ether oxygens (including phenoxy) is 2. The molecule has 0 aromatic heterocycles. The number of dihydropyridines is 1. The van der Waals surface area contributed by atoms with E-state index in [1.165, 1.54) is 25.3 Å². The molecule has 1 aliphatic rings. The number of non-ortho nitro benzene ring substituents is 1. The number of nitrogens with zero attached hydrogens (tertiary/aromatic N) is 1. The van der Waals surface area contributed by atoms with E-state index in [1.54, 1.807) is 26.8 Å². The Balaban J connectivity index is 2.60. The molecule has 0 saturated carbocycles. The second-order valence-electron chi connectivity index (χ2n) is 8.39. The number of nitro groups is 1. The number of nitro benzene ring substituents is 1. The Morgan fingerprint density at radius 2 is 1.82 bits per heavy atom. The van der Waals surface area contributed by atoms with E-state index in [0.29, 0.717) is 23.4 Å². The van der Waals surface area contributed by atoms with E-state index in [2.05, 4.69) is 10.6 Å². The molecule has 1 aliphatic heterocycles. The molecular weight excluding hydrogens is 442 g/mol. The summed E-state index contributed by atoms with van der Waals surface area (Å²) in [4.78, 5) is 49.6. The van der Waals surface area contributed by atoms with Gasteiger partial charge in [0.25, 0.3) is 11.6 Å². The predicted molar refractivity (Wildman–Crippen MR) is 124 cm³/mol. The lowest BCUT2D eigenvalue weighted by atomic mass is 9.79. The Morgan fingerprint density at radius 3 is 2.38 bits per heavy atom. The molecule has 0 spiro atoms. The van der Waals surface area contributed by atoms with E-state index in [0.717, 1.165) is 0 Å². The summed E-state index contributed by atoms with van der Waals surface area (Å²) in [6.07, 6.45) is 0.352. The standard InChI is InChI=1S/C24H31N3O7/c1-7-34-23(29)18(11-13(2)3)26-22(28)19-14(4)25-15(5)20(24(30)33-6)21(19)16-9-8-10-17(12-16)27(31)32/h8-10,12-13,18,21,25H,7,11H2,1-6H3,(H,26,28)/t18-,21-/m0/s1. The van der Waals surface area contributed by atoms with E-state index < -0.39 is 34.7 Å². The first-order valence-electron chi connectivity index (χ1n) is 11.0. The topological polar surface area (TPSA) is 137 Å². The number of carbonyl (C=O) groups is 3. The number of hydrogen-bond donors (Lipinski definition) is 2. The van der Waals surface area contributed by atoms with Crippen molar-refractivity contribution in [1.82, 2.24) is 10.6 Å². The summed E-state index contributed by atoms with van der Waals surface area (Å²) < 4.78 is 10.1. The van der Waals surface area contributed by atoms with Crippen LogP contribution < -0.4 is 10.6 Å². The van der Waals surface area contributed by atoms with Crippen LogP contribution in [0.15, 0.2) is 46.8 Å². The van der Waals surface area contributed by atoms with Crippen LogP contribution >= 0.6 is 0 Å². The van der Waals surface area contributed by atoms with Crippen LogP contribution in [0.3, 0.4) is 0 Å². The van der Waals surface area contributed by atoms with Gasteiger partial charge in [-0.2, -0.15) is 0 Å². The molecule has 10 heteroatoms. The zero-order chi connectivity index (χ0) is 25.6. The number of hydrogen-bond acceptors (Lipinski definition) is 8. The molecule has 1 heterocycles. The van der Waals surface area contributed by atoms with Crippen LogP contribution in [0.2, 0.25) is 0 Å². The molecule has 2 atom stereocenters. The molecule has 2 N–H and O–H groups in total. The summed E-state index contributed by atoms with van der Waals surface area (Å²) in [6, 6.07) is 4.85.